The van der Waals surface area contributed by atoms with Gasteiger partial charge in [0.05, 0.1) is 22.4 Å². The number of hydrogen-bond donors (Lipinski definition) is 4. The van der Waals surface area contributed by atoms with E-state index in [2.05, 4.69) is 10.6 Å². The van der Waals surface area contributed by atoms with Crippen LogP contribution in [0, 0.1) is 10.1 Å². The van der Waals surface area contributed by atoms with Crippen molar-refractivity contribution in [2.24, 2.45) is 0 Å². The molecule has 0 fully saturated rings. The molecular weight excluding hydrogens is 348 g/mol. The van der Waals surface area contributed by atoms with Crippen LogP contribution in [0.3, 0.4) is 0 Å². The van der Waals surface area contributed by atoms with Gasteiger partial charge >= 0.3 is 6.03 Å². The molecule has 0 radical (unpaired) electrons. The fraction of sp³-hybridized carbons (Fsp3) is 0. The maximum Gasteiger partial charge on any atom is 0.323 e. The Bertz CT molecular complexity index is 1010. The Hall–Kier alpha value is -4.07. The fourth-order valence-corrected chi connectivity index (χ4v) is 2.62. The number of phenols is 1. The number of urea groups is 1. The molecule has 3 aromatic rings. The molecule has 0 saturated heterocycles. The van der Waals surface area contributed by atoms with E-state index in [9.17, 15) is 20.0 Å². The summed E-state index contributed by atoms with van der Waals surface area (Å²) in [7, 11) is 0. The van der Waals surface area contributed by atoms with Crippen LogP contribution in [0.15, 0.2) is 66.7 Å². The summed E-state index contributed by atoms with van der Waals surface area (Å²) in [5, 5.41) is 25.7. The van der Waals surface area contributed by atoms with E-state index in [1.165, 1.54) is 12.1 Å². The minimum Gasteiger partial charge on any atom is -0.506 e. The number of amides is 2. The molecular formula is C19H16N4O4. The molecule has 2 amide bonds. The average molecular weight is 364 g/mol. The molecule has 3 rings (SSSR count). The van der Waals surface area contributed by atoms with Crippen molar-refractivity contribution in [3.05, 3.63) is 76.8 Å². The molecule has 0 saturated carbocycles. The van der Waals surface area contributed by atoms with E-state index in [1.807, 2.05) is 30.3 Å². The molecule has 3 aromatic carbocycles. The summed E-state index contributed by atoms with van der Waals surface area (Å²) in [5.41, 5.74) is 8.33. The second-order valence-corrected chi connectivity index (χ2v) is 5.67. The normalized spacial score (nSPS) is 10.2. The third-order valence-corrected chi connectivity index (χ3v) is 3.85. The van der Waals surface area contributed by atoms with Gasteiger partial charge in [-0.1, -0.05) is 36.4 Å². The number of anilines is 3. The van der Waals surface area contributed by atoms with E-state index in [0.717, 1.165) is 11.6 Å². The van der Waals surface area contributed by atoms with Crippen LogP contribution in [0.1, 0.15) is 0 Å². The molecule has 5 N–H and O–H groups in total. The van der Waals surface area contributed by atoms with E-state index in [4.69, 9.17) is 5.73 Å². The molecule has 0 spiro atoms. The zero-order valence-electron chi connectivity index (χ0n) is 14.0. The first-order valence-electron chi connectivity index (χ1n) is 7.95. The molecule has 136 valence electrons. The number of nitro benzene ring substituents is 1. The standard InChI is InChI=1S/C19H16N4O4/c20-14-7-4-8-16(18(14)12-5-2-1-3-6-12)22-19(25)21-15-10-9-13(23(26)27)11-17(15)24/h1-11,24H,20H2,(H2,21,22,25). The summed E-state index contributed by atoms with van der Waals surface area (Å²) < 4.78 is 0. The Labute approximate surface area is 154 Å². The molecule has 0 aromatic heterocycles. The van der Waals surface area contributed by atoms with Crippen molar-refractivity contribution in [1.29, 1.82) is 0 Å². The van der Waals surface area contributed by atoms with Crippen molar-refractivity contribution in [3.8, 4) is 16.9 Å². The Balaban J connectivity index is 1.83. The highest BCUT2D eigenvalue weighted by Crippen LogP contribution is 2.34. The number of non-ortho nitro benzene ring substituents is 1. The maximum atomic E-state index is 12.3. The predicted octanol–water partition coefficient (Wildman–Crippen LogP) is 4.19. The SMILES string of the molecule is Nc1cccc(NC(=O)Nc2ccc([N+](=O)[O-])cc2O)c1-c1ccccc1. The Morgan fingerprint density at radius 1 is 0.963 bits per heavy atom. The first-order chi connectivity index (χ1) is 13.0. The first kappa shape index (κ1) is 17.7. The van der Waals surface area contributed by atoms with Gasteiger partial charge in [0, 0.05) is 17.3 Å². The van der Waals surface area contributed by atoms with Crippen molar-refractivity contribution in [2.45, 2.75) is 0 Å². The van der Waals surface area contributed by atoms with Crippen molar-refractivity contribution in [1.82, 2.24) is 0 Å². The van der Waals surface area contributed by atoms with Crippen LogP contribution < -0.4 is 16.4 Å². The maximum absolute atomic E-state index is 12.3. The quantitative estimate of drug-likeness (QED) is 0.239. The molecule has 0 aliphatic heterocycles. The summed E-state index contributed by atoms with van der Waals surface area (Å²) in [6.45, 7) is 0. The summed E-state index contributed by atoms with van der Waals surface area (Å²) in [4.78, 5) is 22.4. The molecule has 0 bridgehead atoms. The topological polar surface area (TPSA) is 131 Å². The molecule has 27 heavy (non-hydrogen) atoms. The van der Waals surface area contributed by atoms with E-state index in [0.29, 0.717) is 16.9 Å². The second kappa shape index (κ2) is 7.44. The van der Waals surface area contributed by atoms with Crippen molar-refractivity contribution in [3.63, 3.8) is 0 Å². The van der Waals surface area contributed by atoms with Gasteiger partial charge in [-0.15, -0.1) is 0 Å². The smallest absolute Gasteiger partial charge is 0.323 e. The van der Waals surface area contributed by atoms with Gasteiger partial charge in [0.2, 0.25) is 0 Å². The monoisotopic (exact) mass is 364 g/mol. The lowest BCUT2D eigenvalue weighted by molar-refractivity contribution is -0.384. The number of nitrogens with two attached hydrogens (primary N) is 1. The highest BCUT2D eigenvalue weighted by atomic mass is 16.6. The summed E-state index contributed by atoms with van der Waals surface area (Å²) in [6, 6.07) is 17.3. The highest BCUT2D eigenvalue weighted by molar-refractivity contribution is 6.04. The van der Waals surface area contributed by atoms with Crippen molar-refractivity contribution in [2.75, 3.05) is 16.4 Å². The summed E-state index contributed by atoms with van der Waals surface area (Å²) >= 11 is 0. The van der Waals surface area contributed by atoms with Gasteiger partial charge in [-0.2, -0.15) is 0 Å². The number of rotatable bonds is 4. The first-order valence-corrected chi connectivity index (χ1v) is 7.95. The zero-order chi connectivity index (χ0) is 19.4. The van der Waals surface area contributed by atoms with Gasteiger partial charge in [0.15, 0.2) is 0 Å². The van der Waals surface area contributed by atoms with Gasteiger partial charge in [-0.05, 0) is 23.8 Å². The predicted molar refractivity (Wildman–Crippen MR) is 104 cm³/mol. The largest absolute Gasteiger partial charge is 0.506 e. The Kier molecular flexibility index (Phi) is 4.89. The lowest BCUT2D eigenvalue weighted by atomic mass is 10.0. The molecule has 8 heteroatoms. The van der Waals surface area contributed by atoms with E-state index >= 15 is 0 Å². The van der Waals surface area contributed by atoms with Crippen molar-refractivity contribution < 1.29 is 14.8 Å². The van der Waals surface area contributed by atoms with Crippen LogP contribution in [0.4, 0.5) is 27.5 Å². The number of carbonyl (C=O) groups excluding carboxylic acids is 1. The number of nitrogens with one attached hydrogen (secondary N) is 2. The van der Waals surface area contributed by atoms with Crippen LogP contribution in [-0.4, -0.2) is 16.1 Å². The molecule has 8 nitrogen and oxygen atoms in total. The van der Waals surface area contributed by atoms with Gasteiger partial charge < -0.3 is 21.5 Å². The Morgan fingerprint density at radius 2 is 1.67 bits per heavy atom. The molecule has 0 atom stereocenters. The summed E-state index contributed by atoms with van der Waals surface area (Å²) in [6.07, 6.45) is 0. The molecule has 0 aliphatic rings. The van der Waals surface area contributed by atoms with Crippen LogP contribution in [0.25, 0.3) is 11.1 Å². The fourth-order valence-electron chi connectivity index (χ4n) is 2.62. The Morgan fingerprint density at radius 3 is 2.33 bits per heavy atom. The molecule has 0 heterocycles. The van der Waals surface area contributed by atoms with Crippen LogP contribution in [-0.2, 0) is 0 Å². The number of hydrogen-bond acceptors (Lipinski definition) is 5. The van der Waals surface area contributed by atoms with Crippen LogP contribution in [0.5, 0.6) is 5.75 Å². The number of nitrogen functional groups attached to an aromatic ring is 1. The summed E-state index contributed by atoms with van der Waals surface area (Å²) in [5.74, 6) is -0.407. The van der Waals surface area contributed by atoms with Gasteiger partial charge in [0.1, 0.15) is 5.75 Å². The highest BCUT2D eigenvalue weighted by Gasteiger charge is 2.14. The van der Waals surface area contributed by atoms with E-state index in [-0.39, 0.29) is 11.4 Å². The third-order valence-electron chi connectivity index (χ3n) is 3.85. The van der Waals surface area contributed by atoms with Gasteiger partial charge in [-0.3, -0.25) is 10.1 Å². The lowest BCUT2D eigenvalue weighted by Gasteiger charge is -2.14. The number of phenolic OH excluding ortho intramolecular Hbond substituents is 1. The number of nitrogens with zero attached hydrogens (tertiary/aromatic N) is 1. The lowest BCUT2D eigenvalue weighted by Crippen LogP contribution is -2.20. The average Bonchev–Trinajstić information content (AvgIpc) is 2.64. The van der Waals surface area contributed by atoms with E-state index in [1.54, 1.807) is 18.2 Å². The zero-order valence-corrected chi connectivity index (χ0v) is 14.0. The molecule has 0 unspecified atom stereocenters. The molecule has 0 aliphatic carbocycles. The number of benzene rings is 3. The van der Waals surface area contributed by atoms with E-state index < -0.39 is 16.7 Å². The van der Waals surface area contributed by atoms with Crippen molar-refractivity contribution >= 4 is 28.8 Å². The van der Waals surface area contributed by atoms with Crippen LogP contribution in [0.2, 0.25) is 0 Å². The third kappa shape index (κ3) is 3.96. The van der Waals surface area contributed by atoms with Crippen LogP contribution >= 0.6 is 0 Å². The second-order valence-electron chi connectivity index (χ2n) is 5.67. The van der Waals surface area contributed by atoms with Gasteiger partial charge in [0.25, 0.3) is 5.69 Å². The number of aromatic hydroxyl groups is 1. The number of nitro groups is 1. The number of carbonyl (C=O) groups is 1. The minimum atomic E-state index is -0.636. The van der Waals surface area contributed by atoms with Gasteiger partial charge in [-0.25, -0.2) is 4.79 Å². The minimum absolute atomic E-state index is 0.0447.